The van der Waals surface area contributed by atoms with E-state index in [1.807, 2.05) is 42.5 Å². The van der Waals surface area contributed by atoms with Crippen LogP contribution in [-0.2, 0) is 0 Å². The molecule has 1 aromatic rings. The minimum absolute atomic E-state index is 0.707. The van der Waals surface area contributed by atoms with Gasteiger partial charge in [-0.05, 0) is 29.7 Å². The Kier molecular flexibility index (Phi) is 2.80. The molecule has 0 saturated carbocycles. The Balaban J connectivity index is 2.30. The maximum absolute atomic E-state index is 8.70. The Bertz CT molecular complexity index is 467. The molecule has 0 bridgehead atoms. The van der Waals surface area contributed by atoms with Crippen molar-refractivity contribution in [3.8, 4) is 6.07 Å². The van der Waals surface area contributed by atoms with E-state index >= 15 is 0 Å². The standard InChI is InChI=1S/C14H11N/c15-11-12-7-9-14(10-8-12)13-5-3-1-2-4-6-13/h1-5,7-10H,6H2. The molecule has 15 heavy (non-hydrogen) atoms. The third kappa shape index (κ3) is 2.24. The number of benzene rings is 1. The smallest absolute Gasteiger partial charge is 0.0991 e. The van der Waals surface area contributed by atoms with Gasteiger partial charge < -0.3 is 0 Å². The van der Waals surface area contributed by atoms with Crippen LogP contribution in [0.3, 0.4) is 0 Å². The quantitative estimate of drug-likeness (QED) is 0.670. The Morgan fingerprint density at radius 1 is 1.00 bits per heavy atom. The number of hydrogen-bond acceptors (Lipinski definition) is 1. The Labute approximate surface area is 89.7 Å². The predicted molar refractivity (Wildman–Crippen MR) is 62.0 cm³/mol. The molecule has 0 N–H and O–H groups in total. The lowest BCUT2D eigenvalue weighted by Crippen LogP contribution is -1.83. The van der Waals surface area contributed by atoms with E-state index in [9.17, 15) is 0 Å². The summed E-state index contributed by atoms with van der Waals surface area (Å²) in [5.74, 6) is 0. The number of rotatable bonds is 1. The fourth-order valence-electron chi connectivity index (χ4n) is 1.55. The summed E-state index contributed by atoms with van der Waals surface area (Å²) in [6, 6.07) is 9.83. The van der Waals surface area contributed by atoms with E-state index in [-0.39, 0.29) is 0 Å². The van der Waals surface area contributed by atoms with Crippen molar-refractivity contribution in [2.24, 2.45) is 0 Å². The van der Waals surface area contributed by atoms with Crippen LogP contribution < -0.4 is 0 Å². The van der Waals surface area contributed by atoms with Crippen LogP contribution in [0.1, 0.15) is 17.5 Å². The van der Waals surface area contributed by atoms with Gasteiger partial charge >= 0.3 is 0 Å². The lowest BCUT2D eigenvalue weighted by Gasteiger charge is -2.03. The van der Waals surface area contributed by atoms with E-state index < -0.39 is 0 Å². The molecule has 0 heterocycles. The zero-order chi connectivity index (χ0) is 10.5. The van der Waals surface area contributed by atoms with Crippen LogP contribution in [0, 0.1) is 11.3 Å². The topological polar surface area (TPSA) is 23.8 Å². The molecule has 0 unspecified atom stereocenters. The third-order valence-electron chi connectivity index (χ3n) is 2.38. The maximum atomic E-state index is 8.70. The Morgan fingerprint density at radius 3 is 2.53 bits per heavy atom. The van der Waals surface area contributed by atoms with Gasteiger partial charge in [0.05, 0.1) is 11.6 Å². The first-order valence-electron chi connectivity index (χ1n) is 4.93. The SMILES string of the molecule is N#Cc1ccc(C2=CC=CC=CC2)cc1. The average Bonchev–Trinajstić information content (AvgIpc) is 2.58. The highest BCUT2D eigenvalue weighted by Gasteiger charge is 2.00. The normalized spacial score (nSPS) is 14.2. The van der Waals surface area contributed by atoms with E-state index in [0.717, 1.165) is 6.42 Å². The van der Waals surface area contributed by atoms with E-state index in [2.05, 4.69) is 18.2 Å². The number of hydrogen-bond donors (Lipinski definition) is 0. The van der Waals surface area contributed by atoms with Gasteiger partial charge in [0.25, 0.3) is 0 Å². The monoisotopic (exact) mass is 193 g/mol. The van der Waals surface area contributed by atoms with Gasteiger partial charge in [-0.3, -0.25) is 0 Å². The fraction of sp³-hybridized carbons (Fsp3) is 0.0714. The summed E-state index contributed by atoms with van der Waals surface area (Å²) in [4.78, 5) is 0. The summed E-state index contributed by atoms with van der Waals surface area (Å²) in [5, 5.41) is 8.70. The predicted octanol–water partition coefficient (Wildman–Crippen LogP) is 3.46. The van der Waals surface area contributed by atoms with E-state index in [1.54, 1.807) is 0 Å². The molecule has 1 aliphatic rings. The maximum Gasteiger partial charge on any atom is 0.0991 e. The van der Waals surface area contributed by atoms with Crippen molar-refractivity contribution < 1.29 is 0 Å². The highest BCUT2D eigenvalue weighted by molar-refractivity contribution is 5.69. The summed E-state index contributed by atoms with van der Waals surface area (Å²) < 4.78 is 0. The van der Waals surface area contributed by atoms with Crippen molar-refractivity contribution in [2.45, 2.75) is 6.42 Å². The Morgan fingerprint density at radius 2 is 1.80 bits per heavy atom. The number of allylic oxidation sites excluding steroid dienone is 6. The first-order valence-corrected chi connectivity index (χ1v) is 4.93. The van der Waals surface area contributed by atoms with Gasteiger partial charge in [0.15, 0.2) is 0 Å². The summed E-state index contributed by atoms with van der Waals surface area (Å²) in [6.07, 6.45) is 11.3. The van der Waals surface area contributed by atoms with Crippen molar-refractivity contribution in [3.63, 3.8) is 0 Å². The molecule has 0 aliphatic heterocycles. The van der Waals surface area contributed by atoms with Crippen LogP contribution >= 0.6 is 0 Å². The zero-order valence-corrected chi connectivity index (χ0v) is 8.35. The van der Waals surface area contributed by atoms with Crippen molar-refractivity contribution in [2.75, 3.05) is 0 Å². The molecule has 1 aliphatic carbocycles. The van der Waals surface area contributed by atoms with Crippen LogP contribution in [-0.4, -0.2) is 0 Å². The molecule has 2 rings (SSSR count). The van der Waals surface area contributed by atoms with Crippen LogP contribution in [0.5, 0.6) is 0 Å². The average molecular weight is 193 g/mol. The fourth-order valence-corrected chi connectivity index (χ4v) is 1.55. The van der Waals surface area contributed by atoms with Crippen LogP contribution in [0.4, 0.5) is 0 Å². The number of nitriles is 1. The van der Waals surface area contributed by atoms with Crippen molar-refractivity contribution in [1.82, 2.24) is 0 Å². The lowest BCUT2D eigenvalue weighted by atomic mass is 10.0. The summed E-state index contributed by atoms with van der Waals surface area (Å²) in [7, 11) is 0. The molecule has 1 aromatic carbocycles. The van der Waals surface area contributed by atoms with Gasteiger partial charge in [0, 0.05) is 0 Å². The molecule has 1 heteroatoms. The van der Waals surface area contributed by atoms with Crippen molar-refractivity contribution >= 4 is 5.57 Å². The minimum Gasteiger partial charge on any atom is -0.192 e. The van der Waals surface area contributed by atoms with E-state index in [0.29, 0.717) is 5.56 Å². The summed E-state index contributed by atoms with van der Waals surface area (Å²) >= 11 is 0. The van der Waals surface area contributed by atoms with E-state index in [1.165, 1.54) is 11.1 Å². The van der Waals surface area contributed by atoms with Gasteiger partial charge in [-0.25, -0.2) is 0 Å². The van der Waals surface area contributed by atoms with E-state index in [4.69, 9.17) is 5.26 Å². The Hall–Kier alpha value is -2.07. The molecule has 0 atom stereocenters. The summed E-state index contributed by atoms with van der Waals surface area (Å²) in [6.45, 7) is 0. The first-order chi connectivity index (χ1) is 7.40. The molecule has 72 valence electrons. The molecule has 0 fully saturated rings. The van der Waals surface area contributed by atoms with Crippen LogP contribution in [0.15, 0.2) is 54.6 Å². The molecule has 0 radical (unpaired) electrons. The summed E-state index contributed by atoms with van der Waals surface area (Å²) in [5.41, 5.74) is 3.17. The molecule has 0 amide bonds. The molecule has 0 saturated heterocycles. The molecular formula is C14H11N. The first kappa shape index (κ1) is 9.48. The lowest BCUT2D eigenvalue weighted by molar-refractivity contribution is 1.39. The second kappa shape index (κ2) is 4.43. The van der Waals surface area contributed by atoms with Gasteiger partial charge in [0.1, 0.15) is 0 Å². The van der Waals surface area contributed by atoms with Crippen LogP contribution in [0.25, 0.3) is 5.57 Å². The molecule has 0 spiro atoms. The largest absolute Gasteiger partial charge is 0.192 e. The van der Waals surface area contributed by atoms with Crippen LogP contribution in [0.2, 0.25) is 0 Å². The van der Waals surface area contributed by atoms with Gasteiger partial charge in [-0.1, -0.05) is 42.5 Å². The molecular weight excluding hydrogens is 182 g/mol. The van der Waals surface area contributed by atoms with Crippen molar-refractivity contribution in [3.05, 3.63) is 65.8 Å². The van der Waals surface area contributed by atoms with Crippen molar-refractivity contribution in [1.29, 1.82) is 5.26 Å². The van der Waals surface area contributed by atoms with Gasteiger partial charge in [-0.2, -0.15) is 5.26 Å². The van der Waals surface area contributed by atoms with Gasteiger partial charge in [0.2, 0.25) is 0 Å². The molecule has 0 aromatic heterocycles. The second-order valence-corrected chi connectivity index (χ2v) is 3.40. The molecule has 1 nitrogen and oxygen atoms in total. The number of nitrogens with zero attached hydrogens (tertiary/aromatic N) is 1. The second-order valence-electron chi connectivity index (χ2n) is 3.40. The third-order valence-corrected chi connectivity index (χ3v) is 2.38. The zero-order valence-electron chi connectivity index (χ0n) is 8.35. The highest BCUT2D eigenvalue weighted by Crippen LogP contribution is 2.20. The van der Waals surface area contributed by atoms with Gasteiger partial charge in [-0.15, -0.1) is 0 Å². The highest BCUT2D eigenvalue weighted by atomic mass is 14.2. The minimum atomic E-state index is 0.707.